The summed E-state index contributed by atoms with van der Waals surface area (Å²) in [6.07, 6.45) is 9.70. The van der Waals surface area contributed by atoms with Crippen molar-refractivity contribution in [2.45, 2.75) is 83.0 Å². The topological polar surface area (TPSA) is 32.3 Å². The van der Waals surface area contributed by atoms with Gasteiger partial charge in [-0.3, -0.25) is 10.1 Å². The lowest BCUT2D eigenvalue weighted by Gasteiger charge is -2.39. The minimum absolute atomic E-state index is 0.171. The number of rotatable bonds is 3. The van der Waals surface area contributed by atoms with Gasteiger partial charge in [0.1, 0.15) is 0 Å². The first kappa shape index (κ1) is 12.5. The first-order valence-electron chi connectivity index (χ1n) is 7.73. The summed E-state index contributed by atoms with van der Waals surface area (Å²) in [5, 5.41) is 3.72. The van der Waals surface area contributed by atoms with E-state index in [9.17, 15) is 4.79 Å². The van der Waals surface area contributed by atoms with Crippen molar-refractivity contribution >= 4 is 5.91 Å². The third-order valence-electron chi connectivity index (χ3n) is 5.04. The van der Waals surface area contributed by atoms with Crippen LogP contribution in [-0.4, -0.2) is 28.6 Å². The second-order valence-electron chi connectivity index (χ2n) is 6.88. The lowest BCUT2D eigenvalue weighted by Crippen LogP contribution is -2.48. The minimum Gasteiger partial charge on any atom is -0.323 e. The molecule has 1 saturated heterocycles. The largest absolute Gasteiger partial charge is 0.323 e. The predicted octanol–water partition coefficient (Wildman–Crippen LogP) is 2.66. The van der Waals surface area contributed by atoms with Crippen molar-refractivity contribution in [1.29, 1.82) is 0 Å². The Kier molecular flexibility index (Phi) is 3.13. The third-order valence-corrected chi connectivity index (χ3v) is 5.04. The SMILES string of the molecule is CC(C)CC1NC2(CCCC2)C(=O)N1C1CCC1. The molecule has 1 atom stereocenters. The highest BCUT2D eigenvalue weighted by Gasteiger charge is 2.54. The van der Waals surface area contributed by atoms with E-state index in [1.165, 1.54) is 32.1 Å². The van der Waals surface area contributed by atoms with Crippen molar-refractivity contribution in [2.24, 2.45) is 5.92 Å². The third kappa shape index (κ3) is 1.87. The zero-order valence-corrected chi connectivity index (χ0v) is 11.7. The van der Waals surface area contributed by atoms with Crippen LogP contribution in [0.3, 0.4) is 0 Å². The van der Waals surface area contributed by atoms with Crippen molar-refractivity contribution in [1.82, 2.24) is 10.2 Å². The van der Waals surface area contributed by atoms with E-state index in [2.05, 4.69) is 24.1 Å². The summed E-state index contributed by atoms with van der Waals surface area (Å²) in [6.45, 7) is 4.51. The van der Waals surface area contributed by atoms with Crippen LogP contribution in [0.1, 0.15) is 65.2 Å². The van der Waals surface area contributed by atoms with Crippen LogP contribution in [0.5, 0.6) is 0 Å². The van der Waals surface area contributed by atoms with Crippen LogP contribution >= 0.6 is 0 Å². The number of hydrogen-bond donors (Lipinski definition) is 1. The molecule has 1 spiro atoms. The van der Waals surface area contributed by atoms with Crippen molar-refractivity contribution in [3.05, 3.63) is 0 Å². The van der Waals surface area contributed by atoms with Crippen molar-refractivity contribution in [2.75, 3.05) is 0 Å². The number of nitrogens with one attached hydrogen (secondary N) is 1. The zero-order chi connectivity index (χ0) is 12.8. The number of nitrogens with zero attached hydrogens (tertiary/aromatic N) is 1. The molecule has 0 radical (unpaired) electrons. The Labute approximate surface area is 110 Å². The molecule has 1 amide bonds. The summed E-state index contributed by atoms with van der Waals surface area (Å²) in [4.78, 5) is 15.1. The molecule has 102 valence electrons. The maximum Gasteiger partial charge on any atom is 0.244 e. The summed E-state index contributed by atoms with van der Waals surface area (Å²) in [5.74, 6) is 1.07. The monoisotopic (exact) mass is 250 g/mol. The molecule has 3 aliphatic rings. The highest BCUT2D eigenvalue weighted by Crippen LogP contribution is 2.41. The van der Waals surface area contributed by atoms with Crippen LogP contribution in [0, 0.1) is 5.92 Å². The van der Waals surface area contributed by atoms with E-state index in [1.54, 1.807) is 0 Å². The Morgan fingerprint density at radius 3 is 2.44 bits per heavy atom. The van der Waals surface area contributed by atoms with Crippen LogP contribution in [0.25, 0.3) is 0 Å². The van der Waals surface area contributed by atoms with Gasteiger partial charge < -0.3 is 4.90 Å². The normalized spacial score (nSPS) is 31.6. The second-order valence-corrected chi connectivity index (χ2v) is 6.88. The fourth-order valence-electron chi connectivity index (χ4n) is 3.88. The molecule has 3 rings (SSSR count). The number of carbonyl (C=O) groups is 1. The average Bonchev–Trinajstić information content (AvgIpc) is 2.78. The van der Waals surface area contributed by atoms with Crippen molar-refractivity contribution in [3.63, 3.8) is 0 Å². The molecule has 1 N–H and O–H groups in total. The molecule has 0 aromatic heterocycles. The number of hydrogen-bond acceptors (Lipinski definition) is 2. The summed E-state index contributed by atoms with van der Waals surface area (Å²) in [7, 11) is 0. The van der Waals surface area contributed by atoms with E-state index in [-0.39, 0.29) is 5.54 Å². The molecule has 2 aliphatic carbocycles. The number of amides is 1. The summed E-state index contributed by atoms with van der Waals surface area (Å²) in [5.41, 5.74) is -0.171. The van der Waals surface area contributed by atoms with Gasteiger partial charge in [0.05, 0.1) is 11.7 Å². The maximum absolute atomic E-state index is 12.8. The molecule has 0 aromatic rings. The van der Waals surface area contributed by atoms with Gasteiger partial charge in [-0.05, 0) is 44.4 Å². The van der Waals surface area contributed by atoms with Gasteiger partial charge in [-0.1, -0.05) is 26.7 Å². The van der Waals surface area contributed by atoms with Gasteiger partial charge in [-0.2, -0.15) is 0 Å². The Hall–Kier alpha value is -0.570. The molecular formula is C15H26N2O. The average molecular weight is 250 g/mol. The van der Waals surface area contributed by atoms with Crippen LogP contribution in [0.2, 0.25) is 0 Å². The van der Waals surface area contributed by atoms with E-state index in [4.69, 9.17) is 0 Å². The quantitative estimate of drug-likeness (QED) is 0.835. The van der Waals surface area contributed by atoms with Crippen LogP contribution in [0.15, 0.2) is 0 Å². The van der Waals surface area contributed by atoms with Crippen LogP contribution < -0.4 is 5.32 Å². The molecular weight excluding hydrogens is 224 g/mol. The molecule has 1 heterocycles. The van der Waals surface area contributed by atoms with Crippen molar-refractivity contribution in [3.8, 4) is 0 Å². The van der Waals surface area contributed by atoms with Gasteiger partial charge in [0, 0.05) is 6.04 Å². The van der Waals surface area contributed by atoms with Gasteiger partial charge >= 0.3 is 0 Å². The Bertz CT molecular complexity index is 329. The van der Waals surface area contributed by atoms with Gasteiger partial charge in [0.15, 0.2) is 0 Å². The van der Waals surface area contributed by atoms with Crippen molar-refractivity contribution < 1.29 is 4.79 Å². The smallest absolute Gasteiger partial charge is 0.244 e. The molecule has 1 aliphatic heterocycles. The van der Waals surface area contributed by atoms with Gasteiger partial charge in [0.25, 0.3) is 0 Å². The summed E-state index contributed by atoms with van der Waals surface area (Å²) >= 11 is 0. The lowest BCUT2D eigenvalue weighted by molar-refractivity contribution is -0.137. The molecule has 2 saturated carbocycles. The lowest BCUT2D eigenvalue weighted by atomic mass is 9.89. The molecule has 0 aromatic carbocycles. The van der Waals surface area contributed by atoms with Gasteiger partial charge in [-0.25, -0.2) is 0 Å². The van der Waals surface area contributed by atoms with E-state index in [0.717, 1.165) is 19.3 Å². The van der Waals surface area contributed by atoms with E-state index in [1.807, 2.05) is 0 Å². The molecule has 3 fully saturated rings. The van der Waals surface area contributed by atoms with Crippen LogP contribution in [-0.2, 0) is 4.79 Å². The summed E-state index contributed by atoms with van der Waals surface area (Å²) in [6, 6.07) is 0.536. The fourth-order valence-corrected chi connectivity index (χ4v) is 3.88. The fraction of sp³-hybridized carbons (Fsp3) is 0.933. The first-order chi connectivity index (χ1) is 8.62. The van der Waals surface area contributed by atoms with Gasteiger partial charge in [0.2, 0.25) is 5.91 Å². The van der Waals surface area contributed by atoms with Crippen LogP contribution in [0.4, 0.5) is 0 Å². The Balaban J connectivity index is 1.80. The summed E-state index contributed by atoms with van der Waals surface area (Å²) < 4.78 is 0. The molecule has 3 nitrogen and oxygen atoms in total. The predicted molar refractivity (Wildman–Crippen MR) is 72.1 cm³/mol. The van der Waals surface area contributed by atoms with E-state index in [0.29, 0.717) is 24.0 Å². The highest BCUT2D eigenvalue weighted by atomic mass is 16.2. The minimum atomic E-state index is -0.171. The van der Waals surface area contributed by atoms with E-state index >= 15 is 0 Å². The zero-order valence-electron chi connectivity index (χ0n) is 11.7. The molecule has 3 heteroatoms. The highest BCUT2D eigenvalue weighted by molar-refractivity contribution is 5.89. The Morgan fingerprint density at radius 2 is 1.94 bits per heavy atom. The standard InChI is InChI=1S/C15H26N2O/c1-11(2)10-13-16-15(8-3-4-9-15)14(18)17(13)12-6-5-7-12/h11-13,16H,3-10H2,1-2H3. The Morgan fingerprint density at radius 1 is 1.28 bits per heavy atom. The second kappa shape index (κ2) is 4.52. The molecule has 18 heavy (non-hydrogen) atoms. The first-order valence-corrected chi connectivity index (χ1v) is 7.73. The number of carbonyl (C=O) groups excluding carboxylic acids is 1. The molecule has 0 bridgehead atoms. The van der Waals surface area contributed by atoms with E-state index < -0.39 is 0 Å². The maximum atomic E-state index is 12.8. The molecule has 1 unspecified atom stereocenters. The van der Waals surface area contributed by atoms with Gasteiger partial charge in [-0.15, -0.1) is 0 Å².